The Balaban J connectivity index is 0.00000364. The van der Waals surface area contributed by atoms with Crippen molar-refractivity contribution in [2.45, 2.75) is 128 Å². The molecule has 0 unspecified atom stereocenters. The maximum atomic E-state index is 5.78. The molecule has 152 valence electrons. The van der Waals surface area contributed by atoms with Crippen molar-refractivity contribution >= 4 is 14.2 Å². The summed E-state index contributed by atoms with van der Waals surface area (Å²) in [5.74, 6) is 1.94. The Morgan fingerprint density at radius 3 is 1.67 bits per heavy atom. The molecule has 4 heteroatoms. The molecule has 0 aromatic rings. The first-order chi connectivity index (χ1) is 12.1. The summed E-state index contributed by atoms with van der Waals surface area (Å²) in [6.07, 6.45) is 18.1. The molecule has 0 bridgehead atoms. The fraction of sp³-hybridized carbons (Fsp3) is 0.913. The van der Waals surface area contributed by atoms with E-state index in [-0.39, 0.29) is 24.5 Å². The fourth-order valence-corrected chi connectivity index (χ4v) is 9.53. The zero-order valence-corrected chi connectivity index (χ0v) is 21.0. The second-order valence-corrected chi connectivity index (χ2v) is 16.4. The summed E-state index contributed by atoms with van der Waals surface area (Å²) in [6.45, 7) is 15.1. The standard InChI is InChI=1S/C23H46BOSi.Li/c1-23(2,25-4)19-18-22(26(5,6)7)24(3,20-14-10-8-11-15-20)21-16-12-9-13-17-21;/h18,20-21H,8-17,19H2,1-7H3;/q-1;+1/b22-18-;. The van der Waals surface area contributed by atoms with Crippen LogP contribution in [0.5, 0.6) is 0 Å². The monoisotopic (exact) mass is 384 g/mol. The van der Waals surface area contributed by atoms with E-state index >= 15 is 0 Å². The molecule has 2 fully saturated rings. The van der Waals surface area contributed by atoms with E-state index in [0.29, 0.717) is 0 Å². The molecule has 0 aromatic carbocycles. The third-order valence-electron chi connectivity index (χ3n) is 8.16. The number of hydrogen-bond donors (Lipinski definition) is 0. The number of rotatable bonds is 7. The van der Waals surface area contributed by atoms with Crippen LogP contribution in [0.2, 0.25) is 38.1 Å². The molecular formula is C23H46BLiOSi. The summed E-state index contributed by atoms with van der Waals surface area (Å²) >= 11 is 0. The van der Waals surface area contributed by atoms with E-state index in [9.17, 15) is 0 Å². The van der Waals surface area contributed by atoms with E-state index in [0.717, 1.165) is 18.1 Å². The van der Waals surface area contributed by atoms with Gasteiger partial charge in [0.15, 0.2) is 0 Å². The van der Waals surface area contributed by atoms with Gasteiger partial charge in [0, 0.05) is 21.3 Å². The first-order valence-corrected chi connectivity index (χ1v) is 15.1. The molecule has 0 saturated heterocycles. The molecule has 0 atom stereocenters. The molecule has 2 aliphatic carbocycles. The van der Waals surface area contributed by atoms with Gasteiger partial charge in [-0.15, -0.1) is 6.08 Å². The fourth-order valence-electron chi connectivity index (χ4n) is 6.48. The molecule has 2 saturated carbocycles. The van der Waals surface area contributed by atoms with Crippen molar-refractivity contribution in [3.8, 4) is 0 Å². The Morgan fingerprint density at radius 2 is 1.33 bits per heavy atom. The van der Waals surface area contributed by atoms with E-state index in [1.54, 1.807) is 0 Å². The van der Waals surface area contributed by atoms with Gasteiger partial charge in [0.1, 0.15) is 0 Å². The van der Waals surface area contributed by atoms with Gasteiger partial charge in [-0.3, -0.25) is 0 Å². The van der Waals surface area contributed by atoms with Gasteiger partial charge in [-0.25, -0.2) is 5.10 Å². The second-order valence-electron chi connectivity index (χ2n) is 11.4. The smallest absolute Gasteiger partial charge is 0.378 e. The summed E-state index contributed by atoms with van der Waals surface area (Å²) in [5.41, 5.74) is -0.0407. The second kappa shape index (κ2) is 10.6. The minimum absolute atomic E-state index is 0. The van der Waals surface area contributed by atoms with Crippen LogP contribution in [0.3, 0.4) is 0 Å². The van der Waals surface area contributed by atoms with Crippen LogP contribution in [-0.2, 0) is 4.74 Å². The number of ether oxygens (including phenoxy) is 1. The number of hydrogen-bond acceptors (Lipinski definition) is 1. The van der Waals surface area contributed by atoms with Crippen molar-refractivity contribution in [2.24, 2.45) is 0 Å². The van der Waals surface area contributed by atoms with Gasteiger partial charge >= 0.3 is 18.9 Å². The Labute approximate surface area is 184 Å². The van der Waals surface area contributed by atoms with E-state index in [1.165, 1.54) is 64.2 Å². The summed E-state index contributed by atoms with van der Waals surface area (Å²) in [7, 11) is 0.500. The Bertz CT molecular complexity index is 453. The van der Waals surface area contributed by atoms with Gasteiger partial charge < -0.3 is 4.74 Å². The average Bonchev–Trinajstić information content (AvgIpc) is 2.62. The maximum Gasteiger partial charge on any atom is 1.00 e. The predicted molar refractivity (Wildman–Crippen MR) is 122 cm³/mol. The molecule has 27 heavy (non-hydrogen) atoms. The van der Waals surface area contributed by atoms with Crippen molar-refractivity contribution < 1.29 is 23.6 Å². The molecule has 0 aromatic heterocycles. The topological polar surface area (TPSA) is 9.23 Å². The van der Waals surface area contributed by atoms with E-state index in [1.807, 2.05) is 12.2 Å². The quantitative estimate of drug-likeness (QED) is 0.568. The van der Waals surface area contributed by atoms with Crippen molar-refractivity contribution in [2.75, 3.05) is 7.11 Å². The van der Waals surface area contributed by atoms with E-state index in [4.69, 9.17) is 4.74 Å². The van der Waals surface area contributed by atoms with E-state index < -0.39 is 14.2 Å². The van der Waals surface area contributed by atoms with Gasteiger partial charge in [-0.1, -0.05) is 83.8 Å². The molecule has 0 amide bonds. The summed E-state index contributed by atoms with van der Waals surface area (Å²) in [6, 6.07) is 0. The summed E-state index contributed by atoms with van der Waals surface area (Å²) in [5, 5.41) is 1.93. The van der Waals surface area contributed by atoms with Crippen LogP contribution >= 0.6 is 0 Å². The van der Waals surface area contributed by atoms with Crippen molar-refractivity contribution in [1.82, 2.24) is 0 Å². The first-order valence-electron chi connectivity index (χ1n) is 11.6. The molecule has 2 aliphatic rings. The molecule has 0 N–H and O–H groups in total. The van der Waals surface area contributed by atoms with Crippen molar-refractivity contribution in [1.29, 1.82) is 0 Å². The Morgan fingerprint density at radius 1 is 0.926 bits per heavy atom. The largest absolute Gasteiger partial charge is 1.00 e. The van der Waals surface area contributed by atoms with Crippen molar-refractivity contribution in [3.05, 3.63) is 11.2 Å². The molecule has 0 heterocycles. The van der Waals surface area contributed by atoms with Crippen LogP contribution in [-0.4, -0.2) is 26.9 Å². The van der Waals surface area contributed by atoms with Crippen LogP contribution in [0, 0.1) is 0 Å². The van der Waals surface area contributed by atoms with Crippen LogP contribution in [0.25, 0.3) is 0 Å². The molecule has 1 nitrogen and oxygen atoms in total. The van der Waals surface area contributed by atoms with Crippen LogP contribution in [0.15, 0.2) is 11.2 Å². The predicted octanol–water partition coefficient (Wildman–Crippen LogP) is 4.90. The first kappa shape index (κ1) is 25.6. The van der Waals surface area contributed by atoms with Gasteiger partial charge in [0.05, 0.1) is 5.60 Å². The minimum Gasteiger partial charge on any atom is -0.378 e. The average molecular weight is 384 g/mol. The zero-order chi connectivity index (χ0) is 19.4. The van der Waals surface area contributed by atoms with Crippen LogP contribution < -0.4 is 18.9 Å². The summed E-state index contributed by atoms with van der Waals surface area (Å²) in [4.78, 5) is 0. The van der Waals surface area contributed by atoms with Crippen molar-refractivity contribution in [3.63, 3.8) is 0 Å². The van der Waals surface area contributed by atoms with Crippen LogP contribution in [0.1, 0.15) is 84.5 Å². The molecular weight excluding hydrogens is 338 g/mol. The van der Waals surface area contributed by atoms with Gasteiger partial charge in [0.2, 0.25) is 0 Å². The molecule has 0 spiro atoms. The SMILES string of the molecule is COC(C)(C)C/C=C(/[B-](C)(C1CCCCC1)C1CCCCC1)[Si](C)(C)C.[Li+]. The van der Waals surface area contributed by atoms with E-state index in [2.05, 4.69) is 46.4 Å². The maximum absolute atomic E-state index is 5.78. The molecule has 0 radical (unpaired) electrons. The van der Waals surface area contributed by atoms with Gasteiger partial charge in [-0.2, -0.15) is 18.5 Å². The van der Waals surface area contributed by atoms with Gasteiger partial charge in [-0.05, 0) is 20.3 Å². The number of methoxy groups -OCH3 is 1. The van der Waals surface area contributed by atoms with Gasteiger partial charge in [0.25, 0.3) is 0 Å². The molecule has 0 aliphatic heterocycles. The third kappa shape index (κ3) is 6.53. The van der Waals surface area contributed by atoms with Crippen LogP contribution in [0.4, 0.5) is 0 Å². The zero-order valence-electron chi connectivity index (χ0n) is 20.0. The normalized spacial score (nSPS) is 21.8. The Hall–Kier alpha value is 0.579. The summed E-state index contributed by atoms with van der Waals surface area (Å²) < 4.78 is 5.78. The molecule has 2 rings (SSSR count). The minimum atomic E-state index is -1.37. The third-order valence-corrected chi connectivity index (χ3v) is 10.7. The Kier molecular flexibility index (Phi) is 10.0.